The summed E-state index contributed by atoms with van der Waals surface area (Å²) in [5.41, 5.74) is -4.44. The molecule has 0 spiro atoms. The van der Waals surface area contributed by atoms with E-state index in [-0.39, 0.29) is 5.56 Å². The van der Waals surface area contributed by atoms with Gasteiger partial charge in [-0.05, 0) is 30.2 Å². The zero-order valence-electron chi connectivity index (χ0n) is 19.2. The summed E-state index contributed by atoms with van der Waals surface area (Å²) in [5, 5.41) is 9.75. The normalized spacial score (nSPS) is 16.3. The summed E-state index contributed by atoms with van der Waals surface area (Å²) < 4.78 is 85.6. The summed E-state index contributed by atoms with van der Waals surface area (Å²) >= 11 is 0. The Morgan fingerprint density at radius 2 is 1.54 bits per heavy atom. The molecule has 3 rings (SSSR count). The number of anilines is 1. The molecule has 35 heavy (non-hydrogen) atoms. The second kappa shape index (κ2) is 11.0. The molecule has 0 radical (unpaired) electrons. The molecule has 0 bridgehead atoms. The van der Waals surface area contributed by atoms with Crippen LogP contribution in [-0.2, 0) is 16.9 Å². The van der Waals surface area contributed by atoms with Gasteiger partial charge in [0.25, 0.3) is 5.60 Å². The van der Waals surface area contributed by atoms with Crippen molar-refractivity contribution in [1.29, 1.82) is 0 Å². The molecule has 0 unspecified atom stereocenters. The first-order valence-electron chi connectivity index (χ1n) is 11.2. The quantitative estimate of drug-likeness (QED) is 0.389. The van der Waals surface area contributed by atoms with Crippen LogP contribution in [0.15, 0.2) is 54.6 Å². The van der Waals surface area contributed by atoms with Gasteiger partial charge in [-0.15, -0.1) is 0 Å². The maximum absolute atomic E-state index is 13.3. The number of alkyl halides is 6. The average molecular weight is 502 g/mol. The van der Waals surface area contributed by atoms with Gasteiger partial charge in [0, 0.05) is 44.0 Å². The van der Waals surface area contributed by atoms with Crippen LogP contribution in [0.4, 0.5) is 32.0 Å². The van der Waals surface area contributed by atoms with Crippen molar-refractivity contribution >= 4 is 11.8 Å². The second-order valence-corrected chi connectivity index (χ2v) is 8.35. The predicted octanol–water partition coefficient (Wildman–Crippen LogP) is 5.37. The minimum Gasteiger partial charge on any atom is -0.375 e. The molecule has 0 aliphatic carbocycles. The first-order chi connectivity index (χ1) is 16.5. The fourth-order valence-corrected chi connectivity index (χ4v) is 4.04. The van der Waals surface area contributed by atoms with Crippen molar-refractivity contribution in [1.82, 2.24) is 4.90 Å². The number of piperazine rings is 1. The molecule has 0 atom stereocenters. The molecule has 0 aromatic heterocycles. The molecule has 2 aromatic carbocycles. The molecule has 1 N–H and O–H groups in total. The van der Waals surface area contributed by atoms with Crippen molar-refractivity contribution in [2.45, 2.75) is 31.5 Å². The van der Waals surface area contributed by atoms with Crippen LogP contribution in [-0.4, -0.2) is 61.7 Å². The number of ether oxygens (including phenoxy) is 1. The van der Waals surface area contributed by atoms with Crippen molar-refractivity contribution in [2.24, 2.45) is 0 Å². The fraction of sp³-hybridized carbons (Fsp3) is 0.440. The van der Waals surface area contributed by atoms with Gasteiger partial charge in [0.1, 0.15) is 0 Å². The van der Waals surface area contributed by atoms with Gasteiger partial charge < -0.3 is 14.7 Å². The van der Waals surface area contributed by atoms with E-state index < -0.39 is 23.5 Å². The molecule has 0 saturated carbocycles. The molecule has 192 valence electrons. The predicted molar refractivity (Wildman–Crippen MR) is 122 cm³/mol. The maximum atomic E-state index is 13.3. The lowest BCUT2D eigenvalue weighted by Crippen LogP contribution is -2.54. The van der Waals surface area contributed by atoms with Gasteiger partial charge in [-0.25, -0.2) is 0 Å². The smallest absolute Gasteiger partial charge is 0.375 e. The summed E-state index contributed by atoms with van der Waals surface area (Å²) in [6, 6.07) is 12.5. The Hall–Kier alpha value is -2.56. The summed E-state index contributed by atoms with van der Waals surface area (Å²) in [6.45, 7) is 5.82. The zero-order chi connectivity index (χ0) is 25.7. The Labute approximate surface area is 200 Å². The minimum absolute atomic E-state index is 0.177. The minimum atomic E-state index is -5.92. The summed E-state index contributed by atoms with van der Waals surface area (Å²) in [4.78, 5) is 4.11. The summed E-state index contributed by atoms with van der Waals surface area (Å²) in [7, 11) is 0. The Morgan fingerprint density at radius 1 is 0.914 bits per heavy atom. The van der Waals surface area contributed by atoms with Gasteiger partial charge in [-0.2, -0.15) is 26.3 Å². The van der Waals surface area contributed by atoms with Crippen molar-refractivity contribution in [3.05, 3.63) is 71.3 Å². The molecule has 1 fully saturated rings. The standard InChI is InChI=1S/C25H28F6N2O2/c1-2-6-20-17-21(23(34,24(26,27)28)25(29,30)31)9-10-22(20)33-13-11-32(12-14-33)15-16-35-18-19-7-4-3-5-8-19/h2-10,17,34H,11-16,18H2,1H3/b6-2-. The highest BCUT2D eigenvalue weighted by molar-refractivity contribution is 5.69. The molecule has 1 saturated heterocycles. The maximum Gasteiger partial charge on any atom is 0.430 e. The first kappa shape index (κ1) is 27.0. The zero-order valence-corrected chi connectivity index (χ0v) is 19.2. The molecule has 2 aromatic rings. The number of rotatable bonds is 8. The highest BCUT2D eigenvalue weighted by Crippen LogP contribution is 2.50. The highest BCUT2D eigenvalue weighted by Gasteiger charge is 2.71. The highest BCUT2D eigenvalue weighted by atomic mass is 19.4. The summed E-state index contributed by atoms with van der Waals surface area (Å²) in [5.74, 6) is 0. The number of aliphatic hydroxyl groups is 1. The molecule has 1 aliphatic rings. The van der Waals surface area contributed by atoms with E-state index >= 15 is 0 Å². The Kier molecular flexibility index (Phi) is 8.50. The Balaban J connectivity index is 1.66. The van der Waals surface area contributed by atoms with Crippen molar-refractivity contribution < 1.29 is 36.2 Å². The topological polar surface area (TPSA) is 35.9 Å². The first-order valence-corrected chi connectivity index (χ1v) is 11.2. The average Bonchev–Trinajstić information content (AvgIpc) is 2.81. The van der Waals surface area contributed by atoms with Crippen molar-refractivity contribution in [3.63, 3.8) is 0 Å². The molecule has 10 heteroatoms. The molecule has 4 nitrogen and oxygen atoms in total. The SMILES string of the molecule is C/C=C\c1cc(C(O)(C(F)(F)F)C(F)(F)F)ccc1N1CCN(CCOCc2ccccc2)CC1. The van der Waals surface area contributed by atoms with Gasteiger partial charge in [0.05, 0.1) is 13.2 Å². The molecular formula is C25H28F6N2O2. The molecule has 1 heterocycles. The number of allylic oxidation sites excluding steroid dienone is 1. The van der Waals surface area contributed by atoms with E-state index in [9.17, 15) is 31.4 Å². The van der Waals surface area contributed by atoms with E-state index in [0.29, 0.717) is 57.7 Å². The number of hydrogen-bond acceptors (Lipinski definition) is 4. The van der Waals surface area contributed by atoms with Crippen LogP contribution < -0.4 is 4.90 Å². The lowest BCUT2D eigenvalue weighted by atomic mass is 9.90. The summed E-state index contributed by atoms with van der Waals surface area (Å²) in [6.07, 6.45) is -8.87. The van der Waals surface area contributed by atoms with Crippen molar-refractivity contribution in [2.75, 3.05) is 44.2 Å². The Bertz CT molecular complexity index is 970. The van der Waals surface area contributed by atoms with Crippen LogP contribution in [0.1, 0.15) is 23.6 Å². The van der Waals surface area contributed by atoms with Crippen molar-refractivity contribution in [3.8, 4) is 0 Å². The third-order valence-corrected chi connectivity index (χ3v) is 5.99. The van der Waals surface area contributed by atoms with Crippen LogP contribution in [0.5, 0.6) is 0 Å². The van der Waals surface area contributed by atoms with Gasteiger partial charge in [0.2, 0.25) is 0 Å². The lowest BCUT2D eigenvalue weighted by Gasteiger charge is -2.37. The van der Waals surface area contributed by atoms with Crippen LogP contribution in [0, 0.1) is 0 Å². The monoisotopic (exact) mass is 502 g/mol. The third kappa shape index (κ3) is 6.17. The largest absolute Gasteiger partial charge is 0.430 e. The van der Waals surface area contributed by atoms with Gasteiger partial charge >= 0.3 is 12.4 Å². The van der Waals surface area contributed by atoms with Gasteiger partial charge in [-0.1, -0.05) is 48.6 Å². The number of nitrogens with zero attached hydrogens (tertiary/aromatic N) is 2. The van der Waals surface area contributed by atoms with Gasteiger partial charge in [-0.3, -0.25) is 4.90 Å². The van der Waals surface area contributed by atoms with Crippen LogP contribution in [0.25, 0.3) is 6.08 Å². The van der Waals surface area contributed by atoms with Crippen LogP contribution in [0.3, 0.4) is 0 Å². The molecule has 0 amide bonds. The van der Waals surface area contributed by atoms with Crippen LogP contribution >= 0.6 is 0 Å². The molecular weight excluding hydrogens is 474 g/mol. The fourth-order valence-electron chi connectivity index (χ4n) is 4.04. The molecule has 1 aliphatic heterocycles. The van der Waals surface area contributed by atoms with E-state index in [0.717, 1.165) is 11.6 Å². The second-order valence-electron chi connectivity index (χ2n) is 8.35. The third-order valence-electron chi connectivity index (χ3n) is 5.99. The van der Waals surface area contributed by atoms with E-state index in [1.165, 1.54) is 18.2 Å². The van der Waals surface area contributed by atoms with E-state index in [1.807, 2.05) is 35.2 Å². The number of benzene rings is 2. The van der Waals surface area contributed by atoms with E-state index in [4.69, 9.17) is 4.74 Å². The number of hydrogen-bond donors (Lipinski definition) is 1. The lowest BCUT2D eigenvalue weighted by molar-refractivity contribution is -0.376. The Morgan fingerprint density at radius 3 is 2.11 bits per heavy atom. The van der Waals surface area contributed by atoms with E-state index in [2.05, 4.69) is 4.90 Å². The van der Waals surface area contributed by atoms with Crippen LogP contribution in [0.2, 0.25) is 0 Å². The number of halogens is 6. The van der Waals surface area contributed by atoms with Gasteiger partial charge in [0.15, 0.2) is 0 Å². The van der Waals surface area contributed by atoms with E-state index in [1.54, 1.807) is 6.92 Å².